The van der Waals surface area contributed by atoms with E-state index in [-0.39, 0.29) is 5.60 Å². The summed E-state index contributed by atoms with van der Waals surface area (Å²) in [6.45, 7) is 8.56. The van der Waals surface area contributed by atoms with E-state index in [1.54, 1.807) is 0 Å². The summed E-state index contributed by atoms with van der Waals surface area (Å²) in [6, 6.07) is 0. The van der Waals surface area contributed by atoms with Crippen LogP contribution in [0, 0.1) is 13.8 Å². The van der Waals surface area contributed by atoms with Gasteiger partial charge in [0.05, 0.1) is 0 Å². The third kappa shape index (κ3) is 2.41. The van der Waals surface area contributed by atoms with Crippen molar-refractivity contribution in [3.8, 4) is 5.75 Å². The van der Waals surface area contributed by atoms with E-state index in [1.807, 2.05) is 0 Å². The summed E-state index contributed by atoms with van der Waals surface area (Å²) in [4.78, 5) is 12.9. The topological polar surface area (TPSA) is 29.5 Å². The monoisotopic (exact) mass is 275 g/mol. The van der Waals surface area contributed by atoms with E-state index in [0.29, 0.717) is 6.42 Å². The van der Waals surface area contributed by atoms with Crippen molar-refractivity contribution in [1.29, 1.82) is 0 Å². The lowest BCUT2D eigenvalue weighted by molar-refractivity contribution is -0.107. The van der Waals surface area contributed by atoms with Gasteiger partial charge in [0.25, 0.3) is 0 Å². The van der Waals surface area contributed by atoms with Gasteiger partial charge in [-0.3, -0.25) is 0 Å². The van der Waals surface area contributed by atoms with Gasteiger partial charge in [-0.05, 0) is 50.8 Å². The Bertz CT molecular complexity index is 545. The maximum atomic E-state index is 10.8. The van der Waals surface area contributed by atoms with Crippen molar-refractivity contribution < 1.29 is 9.53 Å². The Morgan fingerprint density at radius 3 is 2.45 bits per heavy atom. The molecule has 3 heteroatoms. The van der Waals surface area contributed by atoms with Crippen molar-refractivity contribution in [2.75, 3.05) is 19.0 Å². The zero-order valence-electron chi connectivity index (χ0n) is 13.5. The van der Waals surface area contributed by atoms with Crippen molar-refractivity contribution in [3.05, 3.63) is 22.3 Å². The molecule has 3 nitrogen and oxygen atoms in total. The summed E-state index contributed by atoms with van der Waals surface area (Å²) in [6.07, 6.45) is 3.23. The maximum Gasteiger partial charge on any atom is 0.127 e. The number of nitrogens with zero attached hydrogens (tertiary/aromatic N) is 1. The van der Waals surface area contributed by atoms with Crippen molar-refractivity contribution in [2.45, 2.75) is 52.6 Å². The van der Waals surface area contributed by atoms with E-state index in [0.717, 1.165) is 24.9 Å². The van der Waals surface area contributed by atoms with Gasteiger partial charge in [-0.1, -0.05) is 0 Å². The summed E-state index contributed by atoms with van der Waals surface area (Å²) in [5.41, 5.74) is 6.18. The second-order valence-electron chi connectivity index (χ2n) is 6.52. The highest BCUT2D eigenvalue weighted by Crippen LogP contribution is 2.45. The number of aldehydes is 1. The SMILES string of the molecule is Cc1c(CCC=O)c2c(c(C)c1N(C)C)CC(C)(C)O2. The van der Waals surface area contributed by atoms with Crippen LogP contribution < -0.4 is 9.64 Å². The normalized spacial score (nSPS) is 15.7. The minimum Gasteiger partial charge on any atom is -0.487 e. The molecule has 1 aliphatic rings. The summed E-state index contributed by atoms with van der Waals surface area (Å²) in [7, 11) is 4.15. The summed E-state index contributed by atoms with van der Waals surface area (Å²) in [5, 5.41) is 0. The zero-order chi connectivity index (χ0) is 15.1. The maximum absolute atomic E-state index is 10.8. The molecular formula is C17H25NO2. The van der Waals surface area contributed by atoms with Crippen molar-refractivity contribution in [3.63, 3.8) is 0 Å². The Labute approximate surface area is 121 Å². The predicted molar refractivity (Wildman–Crippen MR) is 83.0 cm³/mol. The van der Waals surface area contributed by atoms with Crippen LogP contribution in [-0.2, 0) is 17.6 Å². The van der Waals surface area contributed by atoms with E-state index in [9.17, 15) is 4.79 Å². The molecule has 20 heavy (non-hydrogen) atoms. The minimum atomic E-state index is -0.152. The molecule has 1 aliphatic heterocycles. The molecule has 2 rings (SSSR count). The molecule has 1 heterocycles. The van der Waals surface area contributed by atoms with Gasteiger partial charge in [-0.2, -0.15) is 0 Å². The zero-order valence-corrected chi connectivity index (χ0v) is 13.5. The second-order valence-corrected chi connectivity index (χ2v) is 6.52. The number of ether oxygens (including phenoxy) is 1. The molecule has 1 aromatic rings. The highest BCUT2D eigenvalue weighted by atomic mass is 16.5. The van der Waals surface area contributed by atoms with Gasteiger partial charge in [0.1, 0.15) is 17.6 Å². The molecule has 0 unspecified atom stereocenters. The fraction of sp³-hybridized carbons (Fsp3) is 0.588. The molecule has 0 bridgehead atoms. The molecule has 0 amide bonds. The Kier molecular flexibility index (Phi) is 3.81. The first-order chi connectivity index (χ1) is 9.28. The number of carbonyl (C=O) groups excluding carboxylic acids is 1. The van der Waals surface area contributed by atoms with Crippen LogP contribution in [0.1, 0.15) is 42.5 Å². The number of carbonyl (C=O) groups is 1. The number of fused-ring (bicyclic) bond motifs is 1. The van der Waals surface area contributed by atoms with Gasteiger partial charge in [-0.25, -0.2) is 0 Å². The standard InChI is InChI=1S/C17H25NO2/c1-11-13(8-7-9-19)16-14(10-17(3,4)20-16)12(2)15(11)18(5)6/h9H,7-8,10H2,1-6H3. The van der Waals surface area contributed by atoms with Gasteiger partial charge < -0.3 is 14.4 Å². The number of rotatable bonds is 4. The molecular weight excluding hydrogens is 250 g/mol. The minimum absolute atomic E-state index is 0.152. The molecule has 0 spiro atoms. The highest BCUT2D eigenvalue weighted by molar-refractivity contribution is 5.70. The molecule has 0 aromatic heterocycles. The average molecular weight is 275 g/mol. The number of hydrogen-bond acceptors (Lipinski definition) is 3. The fourth-order valence-corrected chi connectivity index (χ4v) is 3.34. The smallest absolute Gasteiger partial charge is 0.127 e. The van der Waals surface area contributed by atoms with E-state index >= 15 is 0 Å². The lowest BCUT2D eigenvalue weighted by Crippen LogP contribution is -2.25. The van der Waals surface area contributed by atoms with Crippen molar-refractivity contribution >= 4 is 12.0 Å². The van der Waals surface area contributed by atoms with E-state index < -0.39 is 0 Å². The number of benzene rings is 1. The molecule has 0 aliphatic carbocycles. The predicted octanol–water partition coefficient (Wildman–Crippen LogP) is 3.21. The molecule has 0 N–H and O–H groups in total. The Morgan fingerprint density at radius 1 is 1.25 bits per heavy atom. The van der Waals surface area contributed by atoms with Gasteiger partial charge in [0.2, 0.25) is 0 Å². The molecule has 0 saturated heterocycles. The lowest BCUT2D eigenvalue weighted by atomic mass is 9.90. The van der Waals surface area contributed by atoms with Crippen LogP contribution in [0.4, 0.5) is 5.69 Å². The summed E-state index contributed by atoms with van der Waals surface area (Å²) < 4.78 is 6.18. The highest BCUT2D eigenvalue weighted by Gasteiger charge is 2.35. The van der Waals surface area contributed by atoms with Gasteiger partial charge in [-0.15, -0.1) is 0 Å². The summed E-state index contributed by atoms with van der Waals surface area (Å²) >= 11 is 0. The molecule has 110 valence electrons. The van der Waals surface area contributed by atoms with E-state index in [2.05, 4.69) is 46.7 Å². The Hall–Kier alpha value is -1.51. The van der Waals surface area contributed by atoms with Crippen LogP contribution in [0.25, 0.3) is 0 Å². The van der Waals surface area contributed by atoms with Gasteiger partial charge >= 0.3 is 0 Å². The van der Waals surface area contributed by atoms with Crippen molar-refractivity contribution in [1.82, 2.24) is 0 Å². The summed E-state index contributed by atoms with van der Waals surface area (Å²) in [5.74, 6) is 1.03. The quantitative estimate of drug-likeness (QED) is 0.790. The molecule has 1 aromatic carbocycles. The van der Waals surface area contributed by atoms with E-state index in [4.69, 9.17) is 4.74 Å². The van der Waals surface area contributed by atoms with Gasteiger partial charge in [0, 0.05) is 38.2 Å². The molecule has 0 radical (unpaired) electrons. The number of hydrogen-bond donors (Lipinski definition) is 0. The van der Waals surface area contributed by atoms with Crippen LogP contribution in [0.5, 0.6) is 5.75 Å². The van der Waals surface area contributed by atoms with Gasteiger partial charge in [0.15, 0.2) is 0 Å². The molecule has 0 fully saturated rings. The fourth-order valence-electron chi connectivity index (χ4n) is 3.34. The van der Waals surface area contributed by atoms with Crippen LogP contribution in [0.2, 0.25) is 0 Å². The molecule has 0 atom stereocenters. The molecule has 0 saturated carbocycles. The second kappa shape index (κ2) is 5.12. The third-order valence-corrected chi connectivity index (χ3v) is 4.10. The van der Waals surface area contributed by atoms with Crippen LogP contribution in [0.15, 0.2) is 0 Å². The number of anilines is 1. The average Bonchev–Trinajstić information content (AvgIpc) is 2.65. The first-order valence-corrected chi connectivity index (χ1v) is 7.23. The Morgan fingerprint density at radius 2 is 1.90 bits per heavy atom. The van der Waals surface area contributed by atoms with Crippen LogP contribution in [-0.4, -0.2) is 26.0 Å². The first-order valence-electron chi connectivity index (χ1n) is 7.23. The largest absolute Gasteiger partial charge is 0.487 e. The van der Waals surface area contributed by atoms with Crippen LogP contribution in [0.3, 0.4) is 0 Å². The lowest BCUT2D eigenvalue weighted by Gasteiger charge is -2.24. The van der Waals surface area contributed by atoms with Crippen molar-refractivity contribution in [2.24, 2.45) is 0 Å². The Balaban J connectivity index is 2.65. The third-order valence-electron chi connectivity index (χ3n) is 4.10. The van der Waals surface area contributed by atoms with Crippen LogP contribution >= 0.6 is 0 Å². The van der Waals surface area contributed by atoms with E-state index in [1.165, 1.54) is 27.9 Å². The first kappa shape index (κ1) is 14.9.